The van der Waals surface area contributed by atoms with Gasteiger partial charge >= 0.3 is 0 Å². The molecule has 0 amide bonds. The average molecular weight is 273 g/mol. The zero-order chi connectivity index (χ0) is 14.5. The predicted molar refractivity (Wildman–Crippen MR) is 85.1 cm³/mol. The fourth-order valence-electron chi connectivity index (χ4n) is 3.12. The molecule has 1 fully saturated rings. The van der Waals surface area contributed by atoms with Crippen molar-refractivity contribution in [2.45, 2.75) is 46.1 Å². The minimum Gasteiger partial charge on any atom is -0.384 e. The van der Waals surface area contributed by atoms with Gasteiger partial charge in [0.2, 0.25) is 0 Å². The van der Waals surface area contributed by atoms with Crippen molar-refractivity contribution >= 4 is 5.84 Å². The molecule has 0 radical (unpaired) electrons. The summed E-state index contributed by atoms with van der Waals surface area (Å²) < 4.78 is 0. The lowest BCUT2D eigenvalue weighted by Gasteiger charge is -2.32. The Morgan fingerprint density at radius 1 is 1.35 bits per heavy atom. The molecule has 0 spiro atoms. The molecule has 0 atom stereocenters. The number of nitrogens with one attached hydrogen (secondary N) is 1. The van der Waals surface area contributed by atoms with Crippen LogP contribution < -0.4 is 5.73 Å². The van der Waals surface area contributed by atoms with Gasteiger partial charge in [0, 0.05) is 12.1 Å². The molecule has 0 unspecified atom stereocenters. The molecule has 1 aliphatic heterocycles. The lowest BCUT2D eigenvalue weighted by molar-refractivity contribution is 0.171. The van der Waals surface area contributed by atoms with E-state index in [9.17, 15) is 0 Å². The molecule has 0 bridgehead atoms. The molecule has 1 saturated heterocycles. The lowest BCUT2D eigenvalue weighted by atomic mass is 9.92. The molecule has 3 N–H and O–H groups in total. The number of benzene rings is 1. The maximum absolute atomic E-state index is 7.48. The van der Waals surface area contributed by atoms with E-state index >= 15 is 0 Å². The number of piperidine rings is 1. The van der Waals surface area contributed by atoms with E-state index in [4.69, 9.17) is 11.1 Å². The van der Waals surface area contributed by atoms with Crippen LogP contribution in [0.25, 0.3) is 0 Å². The van der Waals surface area contributed by atoms with Crippen molar-refractivity contribution < 1.29 is 0 Å². The first-order chi connectivity index (χ1) is 9.60. The normalized spacial score (nSPS) is 17.3. The Bertz CT molecular complexity index is 459. The Labute approximate surface area is 122 Å². The third-order valence-corrected chi connectivity index (χ3v) is 4.45. The second-order valence-electron chi connectivity index (χ2n) is 6.06. The highest BCUT2D eigenvalue weighted by atomic mass is 15.1. The molecule has 3 nitrogen and oxygen atoms in total. The molecular formula is C17H27N3. The van der Waals surface area contributed by atoms with Crippen molar-refractivity contribution in [2.75, 3.05) is 13.1 Å². The summed E-state index contributed by atoms with van der Waals surface area (Å²) in [4.78, 5) is 2.56. The average Bonchev–Trinajstić information content (AvgIpc) is 2.43. The minimum absolute atomic E-state index is 0.153. The van der Waals surface area contributed by atoms with E-state index in [-0.39, 0.29) is 5.84 Å². The van der Waals surface area contributed by atoms with Crippen molar-refractivity contribution in [3.8, 4) is 0 Å². The van der Waals surface area contributed by atoms with E-state index in [1.807, 2.05) is 12.1 Å². The van der Waals surface area contributed by atoms with Crippen LogP contribution in [-0.4, -0.2) is 23.8 Å². The first-order valence-electron chi connectivity index (χ1n) is 7.76. The van der Waals surface area contributed by atoms with Gasteiger partial charge in [-0.25, -0.2) is 0 Å². The van der Waals surface area contributed by atoms with E-state index in [1.54, 1.807) is 0 Å². The summed E-state index contributed by atoms with van der Waals surface area (Å²) in [7, 11) is 0. The highest BCUT2D eigenvalue weighted by molar-refractivity contribution is 5.95. The summed E-state index contributed by atoms with van der Waals surface area (Å²) in [6.45, 7) is 7.87. The molecule has 110 valence electrons. The van der Waals surface area contributed by atoms with Crippen LogP contribution in [0.1, 0.15) is 49.3 Å². The third kappa shape index (κ3) is 3.83. The van der Waals surface area contributed by atoms with Gasteiger partial charge in [-0.2, -0.15) is 0 Å². The van der Waals surface area contributed by atoms with Crippen LogP contribution in [0.5, 0.6) is 0 Å². The van der Waals surface area contributed by atoms with Gasteiger partial charge in [0.15, 0.2) is 0 Å². The van der Waals surface area contributed by atoms with Gasteiger partial charge in [-0.1, -0.05) is 31.9 Å². The molecule has 1 aromatic carbocycles. The molecule has 2 rings (SSSR count). The number of nitrogens with zero attached hydrogens (tertiary/aromatic N) is 1. The fraction of sp³-hybridized carbons (Fsp3) is 0.588. The summed E-state index contributed by atoms with van der Waals surface area (Å²) in [5.74, 6) is 1.09. The monoisotopic (exact) mass is 273 g/mol. The molecule has 1 aliphatic rings. The first kappa shape index (κ1) is 15.0. The van der Waals surface area contributed by atoms with Crippen molar-refractivity contribution in [3.63, 3.8) is 0 Å². The molecule has 0 saturated carbocycles. The molecule has 1 aromatic rings. The van der Waals surface area contributed by atoms with E-state index in [2.05, 4.69) is 24.8 Å². The van der Waals surface area contributed by atoms with Gasteiger partial charge in [-0.05, 0) is 56.0 Å². The maximum atomic E-state index is 7.48. The quantitative estimate of drug-likeness (QED) is 0.639. The smallest absolute Gasteiger partial charge is 0.122 e. The number of nitrogen functional groups attached to an aromatic ring is 1. The Morgan fingerprint density at radius 2 is 2.05 bits per heavy atom. The van der Waals surface area contributed by atoms with Gasteiger partial charge < -0.3 is 5.73 Å². The van der Waals surface area contributed by atoms with E-state index in [1.165, 1.54) is 49.9 Å². The summed E-state index contributed by atoms with van der Waals surface area (Å²) in [6, 6.07) is 6.13. The fourth-order valence-corrected chi connectivity index (χ4v) is 3.12. The Hall–Kier alpha value is -1.35. The van der Waals surface area contributed by atoms with Crippen LogP contribution in [-0.2, 0) is 6.54 Å². The number of hydrogen-bond acceptors (Lipinski definition) is 2. The molecule has 3 heteroatoms. The Balaban J connectivity index is 1.93. The molecular weight excluding hydrogens is 246 g/mol. The number of aryl methyl sites for hydroxylation is 1. The van der Waals surface area contributed by atoms with Crippen molar-refractivity contribution in [1.29, 1.82) is 5.41 Å². The molecule has 1 heterocycles. The third-order valence-electron chi connectivity index (χ3n) is 4.45. The van der Waals surface area contributed by atoms with Crippen LogP contribution in [0.3, 0.4) is 0 Å². The number of amidine groups is 1. The van der Waals surface area contributed by atoms with Crippen LogP contribution in [0, 0.1) is 18.3 Å². The number of nitrogens with two attached hydrogens (primary N) is 1. The largest absolute Gasteiger partial charge is 0.384 e. The maximum Gasteiger partial charge on any atom is 0.122 e. The zero-order valence-electron chi connectivity index (χ0n) is 12.8. The SMILES string of the molecule is CCCC1CCN(Cc2ccc(C(=N)N)cc2C)CC1. The Morgan fingerprint density at radius 3 is 2.60 bits per heavy atom. The predicted octanol–water partition coefficient (Wildman–Crippen LogP) is 3.29. The molecule has 0 aliphatic carbocycles. The number of hydrogen-bond donors (Lipinski definition) is 2. The number of likely N-dealkylation sites (tertiary alicyclic amines) is 1. The number of rotatable bonds is 5. The van der Waals surface area contributed by atoms with Crippen molar-refractivity contribution in [3.05, 3.63) is 34.9 Å². The summed E-state index contributed by atoms with van der Waals surface area (Å²) in [5, 5.41) is 7.48. The zero-order valence-corrected chi connectivity index (χ0v) is 12.8. The molecule has 20 heavy (non-hydrogen) atoms. The standard InChI is InChI=1S/C17H27N3/c1-3-4-14-7-9-20(10-8-14)12-16-6-5-15(17(18)19)11-13(16)2/h5-6,11,14H,3-4,7-10,12H2,1-2H3,(H3,18,19). The highest BCUT2D eigenvalue weighted by Gasteiger charge is 2.18. The minimum atomic E-state index is 0.153. The van der Waals surface area contributed by atoms with Crippen LogP contribution in [0.15, 0.2) is 18.2 Å². The second-order valence-corrected chi connectivity index (χ2v) is 6.06. The van der Waals surface area contributed by atoms with Gasteiger partial charge in [0.25, 0.3) is 0 Å². The lowest BCUT2D eigenvalue weighted by Crippen LogP contribution is -2.33. The van der Waals surface area contributed by atoms with Crippen molar-refractivity contribution in [1.82, 2.24) is 4.90 Å². The first-order valence-corrected chi connectivity index (χ1v) is 7.76. The van der Waals surface area contributed by atoms with Gasteiger partial charge in [0.05, 0.1) is 0 Å². The van der Waals surface area contributed by atoms with E-state index < -0.39 is 0 Å². The van der Waals surface area contributed by atoms with Crippen molar-refractivity contribution in [2.24, 2.45) is 11.7 Å². The van der Waals surface area contributed by atoms with E-state index in [0.717, 1.165) is 18.0 Å². The Kier molecular flexibility index (Phi) is 5.18. The van der Waals surface area contributed by atoms with E-state index in [0.29, 0.717) is 0 Å². The van der Waals surface area contributed by atoms with Gasteiger partial charge in [-0.3, -0.25) is 10.3 Å². The molecule has 0 aromatic heterocycles. The van der Waals surface area contributed by atoms with Gasteiger partial charge in [-0.15, -0.1) is 0 Å². The second kappa shape index (κ2) is 6.89. The topological polar surface area (TPSA) is 53.1 Å². The van der Waals surface area contributed by atoms with Crippen LogP contribution >= 0.6 is 0 Å². The highest BCUT2D eigenvalue weighted by Crippen LogP contribution is 2.23. The van der Waals surface area contributed by atoms with Gasteiger partial charge in [0.1, 0.15) is 5.84 Å². The summed E-state index contributed by atoms with van der Waals surface area (Å²) in [6.07, 6.45) is 5.40. The summed E-state index contributed by atoms with van der Waals surface area (Å²) in [5.41, 5.74) is 8.97. The van der Waals surface area contributed by atoms with Crippen LogP contribution in [0.4, 0.5) is 0 Å². The summed E-state index contributed by atoms with van der Waals surface area (Å²) >= 11 is 0. The van der Waals surface area contributed by atoms with Crippen LogP contribution in [0.2, 0.25) is 0 Å².